The Morgan fingerprint density at radius 3 is 2.39 bits per heavy atom. The number of sulfone groups is 1. The van der Waals surface area contributed by atoms with Gasteiger partial charge in [-0.15, -0.1) is 0 Å². The normalized spacial score (nSPS) is 26.2. The molecule has 196 valence electrons. The maximum Gasteiger partial charge on any atom is 0.272 e. The van der Waals surface area contributed by atoms with Crippen LogP contribution in [0.3, 0.4) is 0 Å². The molecule has 2 aliphatic heterocycles. The van der Waals surface area contributed by atoms with Crippen LogP contribution in [0.25, 0.3) is 0 Å². The van der Waals surface area contributed by atoms with Crippen LogP contribution in [0.15, 0.2) is 35.3 Å². The van der Waals surface area contributed by atoms with Gasteiger partial charge in [-0.25, -0.2) is 13.1 Å². The lowest BCUT2D eigenvalue weighted by atomic mass is 9.88. The van der Waals surface area contributed by atoms with Gasteiger partial charge in [0.25, 0.3) is 5.56 Å². The summed E-state index contributed by atoms with van der Waals surface area (Å²) in [6, 6.07) is 9.59. The lowest BCUT2D eigenvalue weighted by molar-refractivity contribution is 0.00282. The van der Waals surface area contributed by atoms with Gasteiger partial charge in [-0.1, -0.05) is 17.7 Å². The summed E-state index contributed by atoms with van der Waals surface area (Å²) in [5.74, 6) is 0.0377. The Morgan fingerprint density at radius 1 is 1.03 bits per heavy atom. The van der Waals surface area contributed by atoms with Gasteiger partial charge in [-0.05, 0) is 51.7 Å². The Balaban J connectivity index is 1.24. The number of nitrogens with zero attached hydrogens (tertiary/aromatic N) is 3. The van der Waals surface area contributed by atoms with Crippen molar-refractivity contribution in [2.45, 2.75) is 62.9 Å². The maximum atomic E-state index is 13.2. The van der Waals surface area contributed by atoms with Gasteiger partial charge in [0.05, 0.1) is 56.1 Å². The second-order valence-corrected chi connectivity index (χ2v) is 12.7. The van der Waals surface area contributed by atoms with E-state index in [9.17, 15) is 13.2 Å². The molecule has 3 fully saturated rings. The summed E-state index contributed by atoms with van der Waals surface area (Å²) in [5.41, 5.74) is 3.52. The SMILES string of the molecule is Cc1ccc(N(C2CCC(n3ncc(NC[C@@H]4COCCS4(=O)=O)c(C)c3=O)CC2)C2COC2)cc1. The number of aryl methyl sites for hydroxylation is 1. The molecule has 2 aromatic rings. The first-order valence-corrected chi connectivity index (χ1v) is 14.6. The highest BCUT2D eigenvalue weighted by Crippen LogP contribution is 2.35. The highest BCUT2D eigenvalue weighted by atomic mass is 32.2. The Morgan fingerprint density at radius 2 is 1.75 bits per heavy atom. The molecule has 0 bridgehead atoms. The summed E-state index contributed by atoms with van der Waals surface area (Å²) >= 11 is 0. The third-order valence-corrected chi connectivity index (χ3v) is 9.89. The summed E-state index contributed by atoms with van der Waals surface area (Å²) in [7, 11) is -3.18. The van der Waals surface area contributed by atoms with Gasteiger partial charge in [0, 0.05) is 23.8 Å². The van der Waals surface area contributed by atoms with Crippen molar-refractivity contribution in [3.63, 3.8) is 0 Å². The molecule has 1 aliphatic carbocycles. The smallest absolute Gasteiger partial charge is 0.272 e. The van der Waals surface area contributed by atoms with E-state index in [-0.39, 0.29) is 37.1 Å². The van der Waals surface area contributed by atoms with Gasteiger partial charge < -0.3 is 19.7 Å². The summed E-state index contributed by atoms with van der Waals surface area (Å²) in [4.78, 5) is 15.7. The molecule has 1 saturated carbocycles. The van der Waals surface area contributed by atoms with E-state index < -0.39 is 15.1 Å². The fourth-order valence-electron chi connectivity index (χ4n) is 5.47. The van der Waals surface area contributed by atoms with E-state index in [0.717, 1.165) is 38.9 Å². The second-order valence-electron chi connectivity index (χ2n) is 10.3. The Labute approximate surface area is 212 Å². The molecule has 1 aromatic carbocycles. The van der Waals surface area contributed by atoms with Crippen LogP contribution in [0.2, 0.25) is 0 Å². The van der Waals surface area contributed by atoms with Crippen molar-refractivity contribution >= 4 is 21.2 Å². The molecule has 5 rings (SSSR count). The minimum atomic E-state index is -3.18. The van der Waals surface area contributed by atoms with Crippen molar-refractivity contribution in [3.05, 3.63) is 51.9 Å². The zero-order chi connectivity index (χ0) is 25.3. The third-order valence-electron chi connectivity index (χ3n) is 7.84. The quantitative estimate of drug-likeness (QED) is 0.599. The topological polar surface area (TPSA) is 103 Å². The maximum absolute atomic E-state index is 13.2. The zero-order valence-corrected chi connectivity index (χ0v) is 21.9. The van der Waals surface area contributed by atoms with Gasteiger partial charge in [0.1, 0.15) is 5.25 Å². The molecule has 0 unspecified atom stereocenters. The van der Waals surface area contributed by atoms with Crippen LogP contribution in [0.4, 0.5) is 11.4 Å². The first kappa shape index (κ1) is 25.2. The van der Waals surface area contributed by atoms with Gasteiger partial charge in [0.2, 0.25) is 0 Å². The van der Waals surface area contributed by atoms with E-state index in [1.807, 2.05) is 0 Å². The molecule has 0 radical (unpaired) electrons. The molecule has 10 heteroatoms. The number of benzene rings is 1. The van der Waals surface area contributed by atoms with E-state index in [0.29, 0.717) is 23.3 Å². The van der Waals surface area contributed by atoms with Crippen LogP contribution in [-0.4, -0.2) is 74.3 Å². The predicted octanol–water partition coefficient (Wildman–Crippen LogP) is 2.47. The lowest BCUT2D eigenvalue weighted by Gasteiger charge is -2.46. The number of rotatable bonds is 7. The largest absolute Gasteiger partial charge is 0.382 e. The van der Waals surface area contributed by atoms with Crippen LogP contribution in [0, 0.1) is 13.8 Å². The lowest BCUT2D eigenvalue weighted by Crippen LogP contribution is -2.54. The first-order chi connectivity index (χ1) is 17.3. The summed E-state index contributed by atoms with van der Waals surface area (Å²) in [6.45, 7) is 6.03. The number of ether oxygens (including phenoxy) is 2. The monoisotopic (exact) mass is 516 g/mol. The molecule has 3 aliphatic rings. The standard InChI is InChI=1S/C26H36N4O5S/c1-18-3-5-20(6-4-18)29(23-15-35-16-23)21-7-9-22(10-8-21)30-26(31)19(2)25(14-28-30)27-13-24-17-34-11-12-36(24,32)33/h3-6,14,21-24,27H,7-13,15-17H2,1-2H3/t21?,22?,24-/m1/s1. The summed E-state index contributed by atoms with van der Waals surface area (Å²) in [6.07, 6.45) is 5.40. The molecule has 1 N–H and O–H groups in total. The van der Waals surface area contributed by atoms with E-state index in [2.05, 4.69) is 46.5 Å². The summed E-state index contributed by atoms with van der Waals surface area (Å²) < 4.78 is 37.0. The zero-order valence-electron chi connectivity index (χ0n) is 21.1. The van der Waals surface area contributed by atoms with Crippen molar-refractivity contribution in [2.75, 3.05) is 48.9 Å². The van der Waals surface area contributed by atoms with E-state index in [1.165, 1.54) is 11.3 Å². The van der Waals surface area contributed by atoms with Gasteiger partial charge in [-0.2, -0.15) is 5.10 Å². The van der Waals surface area contributed by atoms with Crippen LogP contribution in [-0.2, 0) is 19.3 Å². The first-order valence-electron chi connectivity index (χ1n) is 12.9. The van der Waals surface area contributed by atoms with E-state index >= 15 is 0 Å². The molecule has 36 heavy (non-hydrogen) atoms. The van der Waals surface area contributed by atoms with Crippen molar-refractivity contribution in [3.8, 4) is 0 Å². The van der Waals surface area contributed by atoms with E-state index in [1.54, 1.807) is 17.8 Å². The second kappa shape index (κ2) is 10.5. The van der Waals surface area contributed by atoms with Gasteiger partial charge >= 0.3 is 0 Å². The highest BCUT2D eigenvalue weighted by molar-refractivity contribution is 7.92. The number of aromatic nitrogens is 2. The highest BCUT2D eigenvalue weighted by Gasteiger charge is 2.35. The molecular weight excluding hydrogens is 480 g/mol. The Bertz CT molecular complexity index is 1220. The number of nitrogens with one attached hydrogen (secondary N) is 1. The minimum absolute atomic E-state index is 0.0377. The van der Waals surface area contributed by atoms with Crippen molar-refractivity contribution in [2.24, 2.45) is 0 Å². The van der Waals surface area contributed by atoms with Crippen LogP contribution >= 0.6 is 0 Å². The summed E-state index contributed by atoms with van der Waals surface area (Å²) in [5, 5.41) is 7.01. The fraction of sp³-hybridized carbons (Fsp3) is 0.615. The Hall–Kier alpha value is -2.43. The van der Waals surface area contributed by atoms with Gasteiger partial charge in [-0.3, -0.25) is 4.79 Å². The molecule has 2 saturated heterocycles. The average Bonchev–Trinajstić information content (AvgIpc) is 2.84. The van der Waals surface area contributed by atoms with Crippen molar-refractivity contribution < 1.29 is 17.9 Å². The molecule has 3 heterocycles. The fourth-order valence-corrected chi connectivity index (χ4v) is 6.79. The Kier molecular flexibility index (Phi) is 7.37. The minimum Gasteiger partial charge on any atom is -0.382 e. The van der Waals surface area contributed by atoms with Gasteiger partial charge in [0.15, 0.2) is 9.84 Å². The van der Waals surface area contributed by atoms with Crippen molar-refractivity contribution in [1.82, 2.24) is 9.78 Å². The van der Waals surface area contributed by atoms with Crippen LogP contribution in [0.1, 0.15) is 42.9 Å². The molecular formula is C26H36N4O5S. The molecule has 1 aromatic heterocycles. The predicted molar refractivity (Wildman–Crippen MR) is 140 cm³/mol. The van der Waals surface area contributed by atoms with Crippen LogP contribution in [0.5, 0.6) is 0 Å². The molecule has 0 spiro atoms. The number of hydrogen-bond donors (Lipinski definition) is 1. The third kappa shape index (κ3) is 5.17. The van der Waals surface area contributed by atoms with Crippen molar-refractivity contribution in [1.29, 1.82) is 0 Å². The van der Waals surface area contributed by atoms with E-state index in [4.69, 9.17) is 9.47 Å². The molecule has 9 nitrogen and oxygen atoms in total. The average molecular weight is 517 g/mol. The molecule has 1 atom stereocenters. The van der Waals surface area contributed by atoms with Crippen LogP contribution < -0.4 is 15.8 Å². The molecule has 0 amide bonds. The number of anilines is 2. The number of hydrogen-bond acceptors (Lipinski definition) is 8.